The Morgan fingerprint density at radius 1 is 0.738 bits per heavy atom. The molecule has 9 nitrogen and oxygen atoms in total. The van der Waals surface area contributed by atoms with Crippen LogP contribution >= 0.6 is 0 Å². The van der Waals surface area contributed by atoms with Gasteiger partial charge in [0.1, 0.15) is 11.7 Å². The normalized spacial score (nSPS) is 12.3. The molecule has 0 atom stereocenters. The zero-order chi connectivity index (χ0) is 32.0. The van der Waals surface area contributed by atoms with Crippen LogP contribution in [0, 0.1) is 26.7 Å². The summed E-state index contributed by atoms with van der Waals surface area (Å²) in [6, 6.07) is 7.81. The fourth-order valence-corrected chi connectivity index (χ4v) is 3.36. The lowest BCUT2D eigenvalue weighted by Crippen LogP contribution is -2.22. The van der Waals surface area contributed by atoms with Crippen LogP contribution in [-0.4, -0.2) is 36.0 Å². The Hall–Kier alpha value is -4.01. The Labute approximate surface area is 252 Å². The molecular formula is C33H50N8O. The summed E-state index contributed by atoms with van der Waals surface area (Å²) in [5.41, 5.74) is 6.58. The van der Waals surface area contributed by atoms with E-state index in [0.29, 0.717) is 23.7 Å². The molecule has 0 spiro atoms. The maximum Gasteiger partial charge on any atom is 0.345 e. The number of hydrogen-bond acceptors (Lipinski definition) is 8. The van der Waals surface area contributed by atoms with Crippen molar-refractivity contribution in [2.24, 2.45) is 10.9 Å². The van der Waals surface area contributed by atoms with E-state index in [1.807, 2.05) is 71.9 Å². The molecule has 0 fully saturated rings. The summed E-state index contributed by atoms with van der Waals surface area (Å²) in [4.78, 5) is 30.0. The monoisotopic (exact) mass is 574 g/mol. The molecule has 42 heavy (non-hydrogen) atoms. The predicted octanol–water partition coefficient (Wildman–Crippen LogP) is 7.08. The van der Waals surface area contributed by atoms with E-state index in [4.69, 9.17) is 0 Å². The molecule has 2 N–H and O–H groups in total. The van der Waals surface area contributed by atoms with Crippen molar-refractivity contribution in [3.05, 3.63) is 99.3 Å². The van der Waals surface area contributed by atoms with Crippen LogP contribution in [0.3, 0.4) is 0 Å². The minimum absolute atomic E-state index is 0.256. The third kappa shape index (κ3) is 14.1. The molecule has 0 saturated heterocycles. The average molecular weight is 575 g/mol. The van der Waals surface area contributed by atoms with Gasteiger partial charge in [0.05, 0.1) is 17.1 Å². The van der Waals surface area contributed by atoms with E-state index in [2.05, 4.69) is 88.6 Å². The summed E-state index contributed by atoms with van der Waals surface area (Å²) < 4.78 is 0. The highest BCUT2D eigenvalue weighted by molar-refractivity contribution is 5.84. The molecule has 0 radical (unpaired) electrons. The molecular weight excluding hydrogens is 524 g/mol. The lowest BCUT2D eigenvalue weighted by molar-refractivity contribution is 0.748. The number of aryl methyl sites for hydroxylation is 3. The van der Waals surface area contributed by atoms with E-state index in [9.17, 15) is 4.79 Å². The Morgan fingerprint density at radius 2 is 1.38 bits per heavy atom. The molecule has 0 aliphatic carbocycles. The van der Waals surface area contributed by atoms with Gasteiger partial charge >= 0.3 is 5.69 Å². The largest absolute Gasteiger partial charge is 0.345 e. The minimum Gasteiger partial charge on any atom is -0.344 e. The molecule has 0 aromatic carbocycles. The van der Waals surface area contributed by atoms with Crippen molar-refractivity contribution in [3.63, 3.8) is 0 Å². The third-order valence-corrected chi connectivity index (χ3v) is 5.78. The maximum atomic E-state index is 10.8. The predicted molar refractivity (Wildman–Crippen MR) is 174 cm³/mol. The van der Waals surface area contributed by atoms with Crippen molar-refractivity contribution in [2.45, 2.75) is 101 Å². The van der Waals surface area contributed by atoms with Crippen LogP contribution < -0.4 is 11.0 Å². The number of aromatic nitrogens is 6. The fraction of sp³-hybridized carbons (Fsp3) is 0.485. The van der Waals surface area contributed by atoms with E-state index in [1.54, 1.807) is 6.20 Å². The van der Waals surface area contributed by atoms with Gasteiger partial charge < -0.3 is 10.3 Å². The van der Waals surface area contributed by atoms with Crippen LogP contribution in [0.4, 0.5) is 0 Å². The van der Waals surface area contributed by atoms with Crippen molar-refractivity contribution in [1.82, 2.24) is 35.5 Å². The van der Waals surface area contributed by atoms with Crippen LogP contribution in [0.2, 0.25) is 0 Å². The number of nitrogens with zero attached hydrogens (tertiary/aromatic N) is 6. The number of H-pyrrole nitrogens is 1. The van der Waals surface area contributed by atoms with Gasteiger partial charge in [-0.25, -0.2) is 19.8 Å². The summed E-state index contributed by atoms with van der Waals surface area (Å²) in [6.45, 7) is 28.2. The highest BCUT2D eigenvalue weighted by Crippen LogP contribution is 2.15. The van der Waals surface area contributed by atoms with Crippen LogP contribution in [-0.2, 0) is 0 Å². The summed E-state index contributed by atoms with van der Waals surface area (Å²) in [5.74, 6) is 3.56. The second-order valence-corrected chi connectivity index (χ2v) is 11.5. The van der Waals surface area contributed by atoms with Crippen LogP contribution in [0.25, 0.3) is 0 Å². The molecule has 4 heterocycles. The molecule has 3 aromatic rings. The molecule has 0 amide bonds. The van der Waals surface area contributed by atoms with E-state index in [1.165, 1.54) is 0 Å². The number of allylic oxidation sites excluding steroid dienone is 2. The van der Waals surface area contributed by atoms with E-state index < -0.39 is 0 Å². The van der Waals surface area contributed by atoms with Gasteiger partial charge in [-0.1, -0.05) is 62.0 Å². The molecule has 1 aliphatic rings. The zero-order valence-electron chi connectivity index (χ0n) is 27.6. The summed E-state index contributed by atoms with van der Waals surface area (Å²) in [6.07, 6.45) is 3.79. The quantitative estimate of drug-likeness (QED) is 0.341. The fourth-order valence-electron chi connectivity index (χ4n) is 3.36. The molecule has 4 rings (SSSR count). The summed E-state index contributed by atoms with van der Waals surface area (Å²) >= 11 is 0. The van der Waals surface area contributed by atoms with E-state index in [-0.39, 0.29) is 5.69 Å². The Morgan fingerprint density at radius 3 is 1.81 bits per heavy atom. The lowest BCUT2D eigenvalue weighted by atomic mass is 10.1. The van der Waals surface area contributed by atoms with Gasteiger partial charge in [0.15, 0.2) is 0 Å². The Kier molecular flexibility index (Phi) is 15.2. The number of rotatable bonds is 4. The van der Waals surface area contributed by atoms with Crippen molar-refractivity contribution in [3.8, 4) is 0 Å². The zero-order valence-corrected chi connectivity index (χ0v) is 27.6. The van der Waals surface area contributed by atoms with Crippen molar-refractivity contribution < 1.29 is 0 Å². The van der Waals surface area contributed by atoms with Gasteiger partial charge in [0.2, 0.25) is 0 Å². The highest BCUT2D eigenvalue weighted by Gasteiger charge is 2.08. The first-order valence-electron chi connectivity index (χ1n) is 14.5. The third-order valence-electron chi connectivity index (χ3n) is 5.78. The first-order valence-corrected chi connectivity index (χ1v) is 14.5. The van der Waals surface area contributed by atoms with Gasteiger partial charge in [-0.3, -0.25) is 0 Å². The van der Waals surface area contributed by atoms with Gasteiger partial charge in [0, 0.05) is 34.9 Å². The Bertz CT molecular complexity index is 1380. The number of aliphatic imine (C=N–C) groups is 1. The van der Waals surface area contributed by atoms with Gasteiger partial charge in [-0.2, -0.15) is 15.2 Å². The molecule has 1 aliphatic heterocycles. The maximum absolute atomic E-state index is 10.8. The topological polar surface area (TPSA) is 122 Å². The van der Waals surface area contributed by atoms with Crippen LogP contribution in [0.15, 0.2) is 64.3 Å². The second kappa shape index (κ2) is 17.7. The molecule has 0 saturated carbocycles. The van der Waals surface area contributed by atoms with Gasteiger partial charge in [-0.15, -0.1) is 0 Å². The molecule has 228 valence electrons. The van der Waals surface area contributed by atoms with Gasteiger partial charge in [0.25, 0.3) is 0 Å². The first-order chi connectivity index (χ1) is 19.6. The van der Waals surface area contributed by atoms with E-state index >= 15 is 0 Å². The van der Waals surface area contributed by atoms with E-state index in [0.717, 1.165) is 51.5 Å². The first kappa shape index (κ1) is 36.0. The number of nitrogens with one attached hydrogen (secondary N) is 2. The second-order valence-electron chi connectivity index (χ2n) is 11.5. The smallest absolute Gasteiger partial charge is 0.344 e. The average Bonchev–Trinajstić information content (AvgIpc) is 2.89. The van der Waals surface area contributed by atoms with Crippen molar-refractivity contribution in [2.75, 3.05) is 0 Å². The summed E-state index contributed by atoms with van der Waals surface area (Å²) in [7, 11) is 0. The lowest BCUT2D eigenvalue weighted by Gasteiger charge is -2.15. The van der Waals surface area contributed by atoms with Crippen LogP contribution in [0.1, 0.15) is 114 Å². The molecule has 0 bridgehead atoms. The highest BCUT2D eigenvalue weighted by atomic mass is 16.1. The van der Waals surface area contributed by atoms with Crippen molar-refractivity contribution in [1.29, 1.82) is 0 Å². The Balaban J connectivity index is 0.000000280. The van der Waals surface area contributed by atoms with Crippen LogP contribution in [0.5, 0.6) is 0 Å². The number of aromatic amines is 1. The SMILES string of the molecule is C=C1C=C(C(C)C)N=C(C)N1.Cc1cc(C(C)C)nc(=O)[nH]1.Cc1ccc(C(C)C)nn1.Cc1ccnc(C(C)C)n1. The minimum atomic E-state index is -0.256. The molecule has 3 aromatic heterocycles. The number of amidine groups is 1. The molecule has 9 heteroatoms. The van der Waals surface area contributed by atoms with Crippen molar-refractivity contribution >= 4 is 5.84 Å². The number of hydrogen-bond donors (Lipinski definition) is 2. The van der Waals surface area contributed by atoms with Gasteiger partial charge in [-0.05, 0) is 75.8 Å². The molecule has 0 unspecified atom stereocenters. The summed E-state index contributed by atoms with van der Waals surface area (Å²) in [5, 5.41) is 11.0. The standard InChI is InChI=1S/C9H14N2.C8H12N2O.2C8H12N2/c1-6(2)9-5-7(3)10-8(4)11-9;1-5(2)7-4-6(3)9-8(11)10-7;1-6(2)8-9-5-4-7(3)10-8;1-6(2)8-5-4-7(3)9-10-8/h5-6H,3H2,1-2,4H3,(H,10,11);4-5H,1-3H3,(H,9,10,11);2*4-6H,1-3H3.